The summed E-state index contributed by atoms with van der Waals surface area (Å²) in [6, 6.07) is 11.6. The number of benzene rings is 2. The van der Waals surface area contributed by atoms with E-state index in [2.05, 4.69) is 15.5 Å². The predicted octanol–water partition coefficient (Wildman–Crippen LogP) is 3.60. The summed E-state index contributed by atoms with van der Waals surface area (Å²) in [5.41, 5.74) is 0.698. The lowest BCUT2D eigenvalue weighted by atomic mass is 10.2. The zero-order valence-electron chi connectivity index (χ0n) is 16.2. The second-order valence-electron chi connectivity index (χ2n) is 6.04. The van der Waals surface area contributed by atoms with Crippen LogP contribution in [0.5, 0.6) is 11.5 Å². The average molecular weight is 430 g/mol. The normalized spacial score (nSPS) is 10.5. The van der Waals surface area contributed by atoms with Crippen LogP contribution in [0.3, 0.4) is 0 Å². The SMILES string of the molecule is COc1ccc(OCc2nnc(SCC(=O)Nc3ccc(C)cc3[N+](=O)[O-])o2)cc1. The molecular weight excluding hydrogens is 412 g/mol. The maximum absolute atomic E-state index is 12.1. The third kappa shape index (κ3) is 5.70. The molecule has 3 rings (SSSR count). The van der Waals surface area contributed by atoms with E-state index in [1.807, 2.05) is 0 Å². The number of nitro benzene ring substituents is 1. The van der Waals surface area contributed by atoms with Crippen LogP contribution in [0.25, 0.3) is 0 Å². The van der Waals surface area contributed by atoms with Crippen LogP contribution in [0.4, 0.5) is 11.4 Å². The number of carbonyl (C=O) groups excluding carboxylic acids is 1. The molecule has 0 aliphatic carbocycles. The Kier molecular flexibility index (Phi) is 6.86. The second kappa shape index (κ2) is 9.74. The number of carbonyl (C=O) groups is 1. The van der Waals surface area contributed by atoms with Crippen molar-refractivity contribution in [3.8, 4) is 11.5 Å². The third-order valence-corrected chi connectivity index (χ3v) is 4.64. The number of aryl methyl sites for hydroxylation is 1. The number of ether oxygens (including phenoxy) is 2. The van der Waals surface area contributed by atoms with Gasteiger partial charge in [0.25, 0.3) is 16.8 Å². The second-order valence-corrected chi connectivity index (χ2v) is 6.97. The van der Waals surface area contributed by atoms with E-state index in [4.69, 9.17) is 13.9 Å². The lowest BCUT2D eigenvalue weighted by Gasteiger charge is -2.05. The molecule has 10 nitrogen and oxygen atoms in total. The van der Waals surface area contributed by atoms with E-state index >= 15 is 0 Å². The average Bonchev–Trinajstić information content (AvgIpc) is 3.20. The van der Waals surface area contributed by atoms with Crippen LogP contribution in [0.15, 0.2) is 52.1 Å². The molecule has 0 unspecified atom stereocenters. The molecule has 30 heavy (non-hydrogen) atoms. The van der Waals surface area contributed by atoms with E-state index in [0.29, 0.717) is 11.5 Å². The first kappa shape index (κ1) is 21.1. The minimum atomic E-state index is -0.539. The van der Waals surface area contributed by atoms with Crippen LogP contribution >= 0.6 is 11.8 Å². The fourth-order valence-corrected chi connectivity index (χ4v) is 2.96. The van der Waals surface area contributed by atoms with Gasteiger partial charge >= 0.3 is 0 Å². The van der Waals surface area contributed by atoms with Crippen molar-refractivity contribution in [3.63, 3.8) is 0 Å². The van der Waals surface area contributed by atoms with E-state index in [1.54, 1.807) is 44.4 Å². The van der Waals surface area contributed by atoms with Gasteiger partial charge in [0.05, 0.1) is 17.8 Å². The highest BCUT2D eigenvalue weighted by Crippen LogP contribution is 2.26. The first-order valence-corrected chi connectivity index (χ1v) is 9.70. The van der Waals surface area contributed by atoms with Crippen molar-refractivity contribution in [1.82, 2.24) is 10.2 Å². The highest BCUT2D eigenvalue weighted by atomic mass is 32.2. The highest BCUT2D eigenvalue weighted by Gasteiger charge is 2.17. The Morgan fingerprint density at radius 2 is 1.93 bits per heavy atom. The van der Waals surface area contributed by atoms with Gasteiger partial charge in [-0.1, -0.05) is 17.8 Å². The van der Waals surface area contributed by atoms with Crippen LogP contribution in [-0.4, -0.2) is 33.9 Å². The molecule has 0 saturated heterocycles. The lowest BCUT2D eigenvalue weighted by molar-refractivity contribution is -0.384. The quantitative estimate of drug-likeness (QED) is 0.307. The summed E-state index contributed by atoms with van der Waals surface area (Å²) in [5.74, 6) is 1.10. The van der Waals surface area contributed by atoms with Gasteiger partial charge in [-0.05, 0) is 42.8 Å². The Hall–Kier alpha value is -3.60. The number of thioether (sulfide) groups is 1. The first-order valence-electron chi connectivity index (χ1n) is 8.71. The summed E-state index contributed by atoms with van der Waals surface area (Å²) in [6.45, 7) is 1.81. The van der Waals surface area contributed by atoms with Gasteiger partial charge in [-0.25, -0.2) is 0 Å². The van der Waals surface area contributed by atoms with Crippen molar-refractivity contribution in [2.24, 2.45) is 0 Å². The van der Waals surface area contributed by atoms with Crippen molar-refractivity contribution in [2.75, 3.05) is 18.2 Å². The summed E-state index contributed by atoms with van der Waals surface area (Å²) in [7, 11) is 1.58. The van der Waals surface area contributed by atoms with E-state index in [0.717, 1.165) is 17.3 Å². The Morgan fingerprint density at radius 3 is 2.63 bits per heavy atom. The van der Waals surface area contributed by atoms with Gasteiger partial charge in [0.15, 0.2) is 6.61 Å². The van der Waals surface area contributed by atoms with E-state index < -0.39 is 10.8 Å². The Bertz CT molecular complexity index is 1040. The molecule has 1 amide bonds. The molecule has 1 heterocycles. The molecule has 2 aromatic carbocycles. The topological polar surface area (TPSA) is 130 Å². The number of nitro groups is 1. The summed E-state index contributed by atoms with van der Waals surface area (Å²) < 4.78 is 16.1. The van der Waals surface area contributed by atoms with Crippen molar-refractivity contribution in [2.45, 2.75) is 18.8 Å². The smallest absolute Gasteiger partial charge is 0.293 e. The number of methoxy groups -OCH3 is 1. The molecule has 0 aliphatic rings. The van der Waals surface area contributed by atoms with Gasteiger partial charge in [0.1, 0.15) is 17.2 Å². The molecule has 1 N–H and O–H groups in total. The monoisotopic (exact) mass is 430 g/mol. The van der Waals surface area contributed by atoms with Gasteiger partial charge in [-0.15, -0.1) is 10.2 Å². The summed E-state index contributed by atoms with van der Waals surface area (Å²) >= 11 is 1.02. The number of hydrogen-bond donors (Lipinski definition) is 1. The minimum Gasteiger partial charge on any atom is -0.497 e. The fraction of sp³-hybridized carbons (Fsp3) is 0.211. The first-order chi connectivity index (χ1) is 14.4. The Morgan fingerprint density at radius 1 is 1.20 bits per heavy atom. The molecule has 1 aromatic heterocycles. The van der Waals surface area contributed by atoms with Crippen LogP contribution in [-0.2, 0) is 11.4 Å². The molecule has 0 saturated carbocycles. The highest BCUT2D eigenvalue weighted by molar-refractivity contribution is 7.99. The van der Waals surface area contributed by atoms with Crippen molar-refractivity contribution in [3.05, 3.63) is 64.0 Å². The van der Waals surface area contributed by atoms with Gasteiger partial charge in [-0.3, -0.25) is 14.9 Å². The molecule has 0 radical (unpaired) electrons. The fourth-order valence-electron chi connectivity index (χ4n) is 2.38. The van der Waals surface area contributed by atoms with Crippen LogP contribution in [0.1, 0.15) is 11.5 Å². The van der Waals surface area contributed by atoms with Crippen LogP contribution in [0, 0.1) is 17.0 Å². The molecule has 0 atom stereocenters. The predicted molar refractivity (Wildman–Crippen MR) is 109 cm³/mol. The Labute approximate surface area is 175 Å². The van der Waals surface area contributed by atoms with E-state index in [9.17, 15) is 14.9 Å². The third-order valence-electron chi connectivity index (χ3n) is 3.82. The summed E-state index contributed by atoms with van der Waals surface area (Å²) in [4.78, 5) is 22.7. The van der Waals surface area contributed by atoms with Gasteiger partial charge in [-0.2, -0.15) is 0 Å². The van der Waals surface area contributed by atoms with Crippen molar-refractivity contribution in [1.29, 1.82) is 0 Å². The number of anilines is 1. The molecule has 11 heteroatoms. The Balaban J connectivity index is 1.50. The van der Waals surface area contributed by atoms with E-state index in [1.165, 1.54) is 12.1 Å². The molecule has 0 spiro atoms. The number of hydrogen-bond acceptors (Lipinski definition) is 9. The van der Waals surface area contributed by atoms with Crippen LogP contribution < -0.4 is 14.8 Å². The zero-order valence-corrected chi connectivity index (χ0v) is 17.0. The summed E-state index contributed by atoms with van der Waals surface area (Å²) in [5, 5.41) is 21.6. The minimum absolute atomic E-state index is 0.0496. The standard InChI is InChI=1S/C19H18N4O6S/c1-12-3-8-15(16(9-12)23(25)26)20-17(24)11-30-19-22-21-18(29-19)10-28-14-6-4-13(27-2)5-7-14/h3-9H,10-11H2,1-2H3,(H,20,24). The molecule has 0 aliphatic heterocycles. The molecule has 0 bridgehead atoms. The maximum atomic E-state index is 12.1. The van der Waals surface area contributed by atoms with Crippen molar-refractivity contribution < 1.29 is 23.6 Å². The van der Waals surface area contributed by atoms with Crippen LogP contribution in [0.2, 0.25) is 0 Å². The van der Waals surface area contributed by atoms with Gasteiger partial charge in [0, 0.05) is 6.07 Å². The largest absolute Gasteiger partial charge is 0.497 e. The van der Waals surface area contributed by atoms with E-state index in [-0.39, 0.29) is 34.8 Å². The molecular formula is C19H18N4O6S. The molecule has 156 valence electrons. The number of amides is 1. The molecule has 3 aromatic rings. The zero-order chi connectivity index (χ0) is 21.5. The number of rotatable bonds is 9. The van der Waals surface area contributed by atoms with Gasteiger partial charge in [0.2, 0.25) is 5.91 Å². The summed E-state index contributed by atoms with van der Waals surface area (Å²) in [6.07, 6.45) is 0. The molecule has 0 fully saturated rings. The van der Waals surface area contributed by atoms with Gasteiger partial charge < -0.3 is 19.2 Å². The lowest BCUT2D eigenvalue weighted by Crippen LogP contribution is -2.15. The maximum Gasteiger partial charge on any atom is 0.293 e. The number of aromatic nitrogens is 2. The number of nitrogens with one attached hydrogen (secondary N) is 1. The number of nitrogens with zero attached hydrogens (tertiary/aromatic N) is 3. The van der Waals surface area contributed by atoms with Crippen molar-refractivity contribution >= 4 is 29.0 Å².